The number of anilines is 1. The zero-order valence-corrected chi connectivity index (χ0v) is 13.8. The lowest BCUT2D eigenvalue weighted by atomic mass is 10.2. The molecule has 1 saturated heterocycles. The molecule has 1 aromatic rings. The van der Waals surface area contributed by atoms with Crippen LogP contribution in [-0.2, 0) is 10.0 Å². The Balaban J connectivity index is 1.34. The second kappa shape index (κ2) is 6.98. The summed E-state index contributed by atoms with van der Waals surface area (Å²) in [6.45, 7) is 5.71. The summed E-state index contributed by atoms with van der Waals surface area (Å²) in [6, 6.07) is 10.5. The summed E-state index contributed by atoms with van der Waals surface area (Å²) in [5.41, 5.74) is 1.29. The molecule has 1 aliphatic heterocycles. The molecule has 0 radical (unpaired) electrons. The Morgan fingerprint density at radius 2 is 1.73 bits per heavy atom. The molecular formula is C16H25N3O2S. The summed E-state index contributed by atoms with van der Waals surface area (Å²) < 4.78 is 26.2. The first kappa shape index (κ1) is 15.8. The number of hydrogen-bond acceptors (Lipinski definition) is 4. The van der Waals surface area contributed by atoms with Gasteiger partial charge >= 0.3 is 0 Å². The highest BCUT2D eigenvalue weighted by molar-refractivity contribution is 7.90. The van der Waals surface area contributed by atoms with Gasteiger partial charge in [-0.25, -0.2) is 13.1 Å². The Morgan fingerprint density at radius 3 is 2.36 bits per heavy atom. The summed E-state index contributed by atoms with van der Waals surface area (Å²) in [5, 5.41) is -0.109. The van der Waals surface area contributed by atoms with E-state index in [9.17, 15) is 8.42 Å². The maximum absolute atomic E-state index is 11.7. The van der Waals surface area contributed by atoms with Crippen LogP contribution in [0, 0.1) is 0 Å². The van der Waals surface area contributed by atoms with Gasteiger partial charge in [0.1, 0.15) is 0 Å². The Hall–Kier alpha value is -1.11. The van der Waals surface area contributed by atoms with Crippen LogP contribution in [-0.4, -0.2) is 57.8 Å². The van der Waals surface area contributed by atoms with E-state index in [0.717, 1.165) is 52.0 Å². The van der Waals surface area contributed by atoms with Crippen LogP contribution in [0.25, 0.3) is 0 Å². The Morgan fingerprint density at radius 1 is 1.05 bits per heavy atom. The fraction of sp³-hybridized carbons (Fsp3) is 0.625. The summed E-state index contributed by atoms with van der Waals surface area (Å²) in [5.74, 6) is 0. The summed E-state index contributed by atoms with van der Waals surface area (Å²) in [4.78, 5) is 4.83. The number of para-hydroxylation sites is 1. The lowest BCUT2D eigenvalue weighted by Gasteiger charge is -2.36. The Bertz CT molecular complexity index is 564. The van der Waals surface area contributed by atoms with Crippen molar-refractivity contribution in [1.82, 2.24) is 9.62 Å². The molecule has 122 valence electrons. The molecule has 0 spiro atoms. The molecule has 5 nitrogen and oxygen atoms in total. The van der Waals surface area contributed by atoms with Crippen molar-refractivity contribution >= 4 is 15.7 Å². The SMILES string of the molecule is O=S(=O)(NCCCN1CCN(c2ccccc2)CC1)C1CC1. The third-order valence-corrected chi connectivity index (χ3v) is 6.37. The fourth-order valence-electron chi connectivity index (χ4n) is 2.88. The van der Waals surface area contributed by atoms with Crippen LogP contribution < -0.4 is 9.62 Å². The number of benzene rings is 1. The molecule has 1 saturated carbocycles. The van der Waals surface area contributed by atoms with Crippen molar-refractivity contribution in [3.05, 3.63) is 30.3 Å². The lowest BCUT2D eigenvalue weighted by Crippen LogP contribution is -2.47. The van der Waals surface area contributed by atoms with Crippen molar-refractivity contribution in [2.45, 2.75) is 24.5 Å². The maximum atomic E-state index is 11.7. The molecule has 1 aromatic carbocycles. The van der Waals surface area contributed by atoms with Gasteiger partial charge in [0, 0.05) is 38.4 Å². The molecular weight excluding hydrogens is 298 g/mol. The van der Waals surface area contributed by atoms with Crippen LogP contribution in [0.3, 0.4) is 0 Å². The molecule has 2 fully saturated rings. The average Bonchev–Trinajstić information content (AvgIpc) is 3.39. The van der Waals surface area contributed by atoms with Crippen molar-refractivity contribution in [1.29, 1.82) is 0 Å². The van der Waals surface area contributed by atoms with Crippen LogP contribution in [0.5, 0.6) is 0 Å². The fourth-order valence-corrected chi connectivity index (χ4v) is 4.30. The molecule has 1 aliphatic carbocycles. The van der Waals surface area contributed by atoms with Crippen molar-refractivity contribution in [2.75, 3.05) is 44.2 Å². The largest absolute Gasteiger partial charge is 0.369 e. The molecule has 1 heterocycles. The van der Waals surface area contributed by atoms with Gasteiger partial charge in [0.25, 0.3) is 0 Å². The van der Waals surface area contributed by atoms with Crippen LogP contribution in [0.1, 0.15) is 19.3 Å². The van der Waals surface area contributed by atoms with Gasteiger partial charge in [-0.15, -0.1) is 0 Å². The number of sulfonamides is 1. The van der Waals surface area contributed by atoms with Gasteiger partial charge in [0.2, 0.25) is 10.0 Å². The molecule has 3 rings (SSSR count). The molecule has 1 N–H and O–H groups in total. The van der Waals surface area contributed by atoms with Gasteiger partial charge in [0.15, 0.2) is 0 Å². The van der Waals surface area contributed by atoms with E-state index in [1.165, 1.54) is 5.69 Å². The molecule has 2 aliphatic rings. The van der Waals surface area contributed by atoms with Crippen LogP contribution in [0.2, 0.25) is 0 Å². The minimum Gasteiger partial charge on any atom is -0.369 e. The molecule has 0 aromatic heterocycles. The van der Waals surface area contributed by atoms with E-state index in [2.05, 4.69) is 38.8 Å². The summed E-state index contributed by atoms with van der Waals surface area (Å²) in [6.07, 6.45) is 2.55. The van der Waals surface area contributed by atoms with Gasteiger partial charge in [-0.3, -0.25) is 4.90 Å². The van der Waals surface area contributed by atoms with E-state index in [0.29, 0.717) is 6.54 Å². The lowest BCUT2D eigenvalue weighted by molar-refractivity contribution is 0.255. The third kappa shape index (κ3) is 4.21. The van der Waals surface area contributed by atoms with E-state index in [-0.39, 0.29) is 5.25 Å². The molecule has 0 unspecified atom stereocenters. The monoisotopic (exact) mass is 323 g/mol. The highest BCUT2D eigenvalue weighted by Crippen LogP contribution is 2.27. The standard InChI is InChI=1S/C16H25N3O2S/c20-22(21,16-7-8-16)17-9-4-10-18-11-13-19(14-12-18)15-5-2-1-3-6-15/h1-3,5-6,16-17H,4,7-14H2. The molecule has 0 atom stereocenters. The van der Waals surface area contributed by atoms with Crippen molar-refractivity contribution in [2.24, 2.45) is 0 Å². The molecule has 6 heteroatoms. The van der Waals surface area contributed by atoms with Crippen molar-refractivity contribution in [3.63, 3.8) is 0 Å². The predicted molar refractivity (Wildman–Crippen MR) is 89.7 cm³/mol. The molecule has 0 amide bonds. The number of hydrogen-bond donors (Lipinski definition) is 1. The highest BCUT2D eigenvalue weighted by Gasteiger charge is 2.35. The van der Waals surface area contributed by atoms with Gasteiger partial charge in [-0.05, 0) is 37.9 Å². The highest BCUT2D eigenvalue weighted by atomic mass is 32.2. The average molecular weight is 323 g/mol. The first-order valence-electron chi connectivity index (χ1n) is 8.16. The van der Waals surface area contributed by atoms with Gasteiger partial charge in [-0.1, -0.05) is 18.2 Å². The van der Waals surface area contributed by atoms with E-state index in [1.807, 2.05) is 6.07 Å². The van der Waals surface area contributed by atoms with Crippen LogP contribution in [0.15, 0.2) is 30.3 Å². The topological polar surface area (TPSA) is 52.7 Å². The second-order valence-electron chi connectivity index (χ2n) is 6.16. The van der Waals surface area contributed by atoms with Gasteiger partial charge < -0.3 is 4.90 Å². The second-order valence-corrected chi connectivity index (χ2v) is 8.20. The third-order valence-electron chi connectivity index (χ3n) is 4.41. The van der Waals surface area contributed by atoms with Crippen LogP contribution >= 0.6 is 0 Å². The number of nitrogens with zero attached hydrogens (tertiary/aromatic N) is 2. The maximum Gasteiger partial charge on any atom is 0.214 e. The van der Waals surface area contributed by atoms with E-state index in [1.54, 1.807) is 0 Å². The van der Waals surface area contributed by atoms with E-state index < -0.39 is 10.0 Å². The zero-order chi connectivity index (χ0) is 15.4. The van der Waals surface area contributed by atoms with Crippen molar-refractivity contribution < 1.29 is 8.42 Å². The van der Waals surface area contributed by atoms with Gasteiger partial charge in [-0.2, -0.15) is 0 Å². The van der Waals surface area contributed by atoms with Crippen LogP contribution in [0.4, 0.5) is 5.69 Å². The predicted octanol–water partition coefficient (Wildman–Crippen LogP) is 1.28. The number of rotatable bonds is 7. The van der Waals surface area contributed by atoms with E-state index in [4.69, 9.17) is 0 Å². The Kier molecular flexibility index (Phi) is 5.00. The molecule has 22 heavy (non-hydrogen) atoms. The van der Waals surface area contributed by atoms with Crippen molar-refractivity contribution in [3.8, 4) is 0 Å². The number of nitrogens with one attached hydrogen (secondary N) is 1. The minimum absolute atomic E-state index is 0.109. The molecule has 0 bridgehead atoms. The zero-order valence-electron chi connectivity index (χ0n) is 12.9. The summed E-state index contributed by atoms with van der Waals surface area (Å²) in [7, 11) is -3.01. The summed E-state index contributed by atoms with van der Waals surface area (Å²) >= 11 is 0. The normalized spacial score (nSPS) is 20.3. The Labute approximate surface area is 133 Å². The quantitative estimate of drug-likeness (QED) is 0.768. The number of piperazine rings is 1. The first-order valence-corrected chi connectivity index (χ1v) is 9.70. The minimum atomic E-state index is -3.01. The van der Waals surface area contributed by atoms with Gasteiger partial charge in [0.05, 0.1) is 5.25 Å². The smallest absolute Gasteiger partial charge is 0.214 e. The van der Waals surface area contributed by atoms with E-state index >= 15 is 0 Å². The first-order chi connectivity index (χ1) is 10.6.